The van der Waals surface area contributed by atoms with E-state index in [0.29, 0.717) is 28.3 Å². The Labute approximate surface area is 159 Å². The number of carbonyl (C=O) groups is 2. The van der Waals surface area contributed by atoms with Crippen LogP contribution in [0.1, 0.15) is 5.56 Å². The lowest BCUT2D eigenvalue weighted by Crippen LogP contribution is -2.38. The molecule has 148 valence electrons. The number of halogens is 4. The van der Waals surface area contributed by atoms with Crippen molar-refractivity contribution in [1.82, 2.24) is 9.88 Å². The van der Waals surface area contributed by atoms with E-state index in [1.807, 2.05) is 5.32 Å². The number of fused-ring (bicyclic) bond motifs is 1. The lowest BCUT2D eigenvalue weighted by Gasteiger charge is -2.12. The molecule has 28 heavy (non-hydrogen) atoms. The van der Waals surface area contributed by atoms with Crippen LogP contribution in [0.15, 0.2) is 35.3 Å². The third-order valence-corrected chi connectivity index (χ3v) is 3.84. The first-order valence-corrected chi connectivity index (χ1v) is 7.99. The zero-order valence-corrected chi connectivity index (χ0v) is 14.6. The van der Waals surface area contributed by atoms with Gasteiger partial charge in [0.05, 0.1) is 5.56 Å². The van der Waals surface area contributed by atoms with Crippen molar-refractivity contribution in [3.05, 3.63) is 51.4 Å². The van der Waals surface area contributed by atoms with Crippen LogP contribution >= 0.6 is 11.6 Å². The van der Waals surface area contributed by atoms with E-state index in [0.717, 1.165) is 0 Å². The summed E-state index contributed by atoms with van der Waals surface area (Å²) in [7, 11) is 0. The van der Waals surface area contributed by atoms with Gasteiger partial charge in [-0.05, 0) is 18.2 Å². The maximum absolute atomic E-state index is 12.8. The second kappa shape index (κ2) is 7.43. The molecular weight excluding hydrogens is 407 g/mol. The second-order valence-electron chi connectivity index (χ2n) is 5.58. The number of rotatable bonds is 3. The van der Waals surface area contributed by atoms with Gasteiger partial charge in [-0.25, -0.2) is 4.79 Å². The van der Waals surface area contributed by atoms with Crippen molar-refractivity contribution < 1.29 is 32.2 Å². The van der Waals surface area contributed by atoms with E-state index in [4.69, 9.17) is 21.1 Å². The Morgan fingerprint density at radius 2 is 1.89 bits per heavy atom. The van der Waals surface area contributed by atoms with Crippen molar-refractivity contribution in [2.24, 2.45) is 0 Å². The molecule has 0 atom stereocenters. The molecule has 3 amide bonds. The first-order chi connectivity index (χ1) is 13.1. The van der Waals surface area contributed by atoms with Crippen LogP contribution in [0.25, 0.3) is 0 Å². The summed E-state index contributed by atoms with van der Waals surface area (Å²) in [5.74, 6) is -0.132. The highest BCUT2D eigenvalue weighted by Crippen LogP contribution is 2.34. The van der Waals surface area contributed by atoms with Crippen LogP contribution in [0.2, 0.25) is 5.02 Å². The van der Waals surface area contributed by atoms with Crippen molar-refractivity contribution in [3.63, 3.8) is 0 Å². The summed E-state index contributed by atoms with van der Waals surface area (Å²) < 4.78 is 49.1. The van der Waals surface area contributed by atoms with Crippen LogP contribution in [0.4, 0.5) is 23.7 Å². The fraction of sp³-hybridized carbons (Fsp3) is 0.188. The number of nitrogens with zero attached hydrogens (tertiary/aromatic N) is 1. The second-order valence-corrected chi connectivity index (χ2v) is 5.99. The fourth-order valence-corrected chi connectivity index (χ4v) is 2.56. The maximum Gasteiger partial charge on any atom is 0.417 e. The summed E-state index contributed by atoms with van der Waals surface area (Å²) in [6.45, 7) is -0.797. The van der Waals surface area contributed by atoms with Gasteiger partial charge < -0.3 is 19.4 Å². The number of alkyl halides is 3. The zero-order chi connectivity index (χ0) is 20.5. The molecule has 1 aromatic carbocycles. The van der Waals surface area contributed by atoms with E-state index in [2.05, 4.69) is 5.32 Å². The van der Waals surface area contributed by atoms with Crippen molar-refractivity contribution in [3.8, 4) is 11.5 Å². The van der Waals surface area contributed by atoms with Crippen molar-refractivity contribution in [2.75, 3.05) is 12.1 Å². The Morgan fingerprint density at radius 1 is 1.18 bits per heavy atom. The third kappa shape index (κ3) is 4.36. The summed E-state index contributed by atoms with van der Waals surface area (Å²) in [6, 6.07) is 4.02. The van der Waals surface area contributed by atoms with Crippen LogP contribution in [0, 0.1) is 0 Å². The summed E-state index contributed by atoms with van der Waals surface area (Å²) in [5, 5.41) is 3.55. The number of ether oxygens (including phenoxy) is 2. The molecule has 0 spiro atoms. The molecule has 0 saturated heterocycles. The van der Waals surface area contributed by atoms with Gasteiger partial charge in [-0.15, -0.1) is 0 Å². The number of pyridine rings is 1. The van der Waals surface area contributed by atoms with Gasteiger partial charge >= 0.3 is 12.2 Å². The number of nitrogens with one attached hydrogen (secondary N) is 2. The minimum atomic E-state index is -4.76. The molecule has 2 N–H and O–H groups in total. The third-order valence-electron chi connectivity index (χ3n) is 3.57. The molecule has 0 unspecified atom stereocenters. The molecule has 0 aliphatic carbocycles. The Balaban J connectivity index is 1.66. The van der Waals surface area contributed by atoms with Crippen molar-refractivity contribution in [2.45, 2.75) is 12.7 Å². The molecule has 0 radical (unpaired) electrons. The van der Waals surface area contributed by atoms with Gasteiger partial charge in [0.25, 0.3) is 5.56 Å². The molecule has 8 nitrogen and oxygen atoms in total. The monoisotopic (exact) mass is 417 g/mol. The Morgan fingerprint density at radius 3 is 2.61 bits per heavy atom. The van der Waals surface area contributed by atoms with Gasteiger partial charge in [0.2, 0.25) is 12.7 Å². The number of anilines is 1. The van der Waals surface area contributed by atoms with Gasteiger partial charge in [0.1, 0.15) is 11.6 Å². The van der Waals surface area contributed by atoms with E-state index in [1.165, 1.54) is 12.1 Å². The maximum atomic E-state index is 12.8. The number of benzene rings is 1. The van der Waals surface area contributed by atoms with Gasteiger partial charge in [-0.2, -0.15) is 13.2 Å². The van der Waals surface area contributed by atoms with E-state index in [1.54, 1.807) is 6.07 Å². The van der Waals surface area contributed by atoms with Gasteiger partial charge in [-0.3, -0.25) is 14.9 Å². The number of hydrogen-bond donors (Lipinski definition) is 2. The van der Waals surface area contributed by atoms with Gasteiger partial charge in [0, 0.05) is 18.0 Å². The highest BCUT2D eigenvalue weighted by atomic mass is 35.5. The number of aromatic nitrogens is 1. The molecule has 3 rings (SSSR count). The first-order valence-electron chi connectivity index (χ1n) is 7.61. The predicted molar refractivity (Wildman–Crippen MR) is 90.4 cm³/mol. The summed E-state index contributed by atoms with van der Waals surface area (Å²) in [6.07, 6.45) is -4.31. The van der Waals surface area contributed by atoms with E-state index in [9.17, 15) is 27.6 Å². The molecule has 1 aliphatic heterocycles. The normalized spacial score (nSPS) is 12.6. The fourth-order valence-electron chi connectivity index (χ4n) is 2.33. The number of hydrogen-bond acceptors (Lipinski definition) is 5. The highest BCUT2D eigenvalue weighted by Gasteiger charge is 2.32. The molecule has 0 fully saturated rings. The largest absolute Gasteiger partial charge is 0.454 e. The average molecular weight is 418 g/mol. The Bertz CT molecular complexity index is 1010. The summed E-state index contributed by atoms with van der Waals surface area (Å²) >= 11 is 5.50. The Hall–Kier alpha value is -3.21. The molecule has 2 aromatic rings. The van der Waals surface area contributed by atoms with Crippen LogP contribution in [-0.2, 0) is 17.5 Å². The van der Waals surface area contributed by atoms with Crippen LogP contribution in [0.3, 0.4) is 0 Å². The van der Waals surface area contributed by atoms with Crippen molar-refractivity contribution >= 4 is 29.2 Å². The highest BCUT2D eigenvalue weighted by molar-refractivity contribution is 6.30. The van der Waals surface area contributed by atoms with Crippen molar-refractivity contribution in [1.29, 1.82) is 0 Å². The Kier molecular flexibility index (Phi) is 5.18. The molecule has 1 aromatic heterocycles. The minimum absolute atomic E-state index is 0.0395. The lowest BCUT2D eigenvalue weighted by atomic mass is 10.2. The standard InChI is InChI=1S/C16H11ClF3N3O5/c17-10-3-8(16(18,19)20)5-23(14(10)25)6-13(24)22-15(26)21-9-1-2-11-12(4-9)28-7-27-11/h1-5H,6-7H2,(H2,21,22,24,26). The molecule has 0 saturated carbocycles. The van der Waals surface area contributed by atoms with E-state index < -0.39 is 40.8 Å². The van der Waals surface area contributed by atoms with Gasteiger partial charge in [0.15, 0.2) is 11.5 Å². The average Bonchev–Trinajstić information content (AvgIpc) is 3.05. The van der Waals surface area contributed by atoms with E-state index >= 15 is 0 Å². The molecule has 12 heteroatoms. The molecule has 1 aliphatic rings. The predicted octanol–water partition coefficient (Wildman–Crippen LogP) is 2.60. The molecule has 0 bridgehead atoms. The topological polar surface area (TPSA) is 98.7 Å². The number of urea groups is 1. The van der Waals surface area contributed by atoms with Gasteiger partial charge in [-0.1, -0.05) is 11.6 Å². The molecular formula is C16H11ClF3N3O5. The summed E-state index contributed by atoms with van der Waals surface area (Å²) in [5.41, 5.74) is -1.91. The minimum Gasteiger partial charge on any atom is -0.454 e. The summed E-state index contributed by atoms with van der Waals surface area (Å²) in [4.78, 5) is 35.6. The van der Waals surface area contributed by atoms with E-state index in [-0.39, 0.29) is 12.5 Å². The SMILES string of the molecule is O=C(Cn1cc(C(F)(F)F)cc(Cl)c1=O)NC(=O)Nc1ccc2c(c1)OCO2. The molecule has 2 heterocycles. The number of carbonyl (C=O) groups excluding carboxylic acids is 2. The number of imide groups is 1. The van der Waals surface area contributed by atoms with Crippen LogP contribution in [-0.4, -0.2) is 23.3 Å². The van der Waals surface area contributed by atoms with Crippen LogP contribution in [0.5, 0.6) is 11.5 Å². The quantitative estimate of drug-likeness (QED) is 0.800. The first kappa shape index (κ1) is 19.5. The smallest absolute Gasteiger partial charge is 0.417 e. The van der Waals surface area contributed by atoms with Crippen LogP contribution < -0.4 is 25.7 Å². The number of amides is 3. The zero-order valence-electron chi connectivity index (χ0n) is 13.8. The lowest BCUT2D eigenvalue weighted by molar-refractivity contribution is -0.138.